The van der Waals surface area contributed by atoms with Gasteiger partial charge in [0.2, 0.25) is 0 Å². The first-order chi connectivity index (χ1) is 17.5. The molecule has 8 nitrogen and oxygen atoms in total. The average Bonchev–Trinajstić information content (AvgIpc) is 3.26. The van der Waals surface area contributed by atoms with Crippen molar-refractivity contribution in [2.45, 2.75) is 52.7 Å². The molecule has 37 heavy (non-hydrogen) atoms. The highest BCUT2D eigenvalue weighted by Gasteiger charge is 2.15. The lowest BCUT2D eigenvalue weighted by molar-refractivity contribution is 0.0523. The number of nitrogens with zero attached hydrogens (tertiary/aromatic N) is 1. The quantitative estimate of drug-likeness (QED) is 0.328. The first kappa shape index (κ1) is 27.9. The van der Waals surface area contributed by atoms with Crippen LogP contribution in [-0.2, 0) is 17.7 Å². The number of fused-ring (bicyclic) bond motifs is 1. The number of carbonyl (C=O) groups excluding carboxylic acids is 3. The second-order valence-corrected chi connectivity index (χ2v) is 10.4. The molecule has 0 atom stereocenters. The van der Waals surface area contributed by atoms with Crippen molar-refractivity contribution in [2.75, 3.05) is 26.7 Å². The number of aryl methyl sites for hydroxylation is 1. The Kier molecular flexibility index (Phi) is 9.47. The maximum Gasteiger partial charge on any atom is 0.407 e. The van der Waals surface area contributed by atoms with Gasteiger partial charge < -0.3 is 25.3 Å². The monoisotopic (exact) mass is 506 g/mol. The Morgan fingerprint density at radius 3 is 2.32 bits per heavy atom. The molecule has 0 saturated heterocycles. The predicted octanol–water partition coefficient (Wildman–Crippen LogP) is 4.69. The summed E-state index contributed by atoms with van der Waals surface area (Å²) >= 11 is 0. The highest BCUT2D eigenvalue weighted by atomic mass is 16.6. The van der Waals surface area contributed by atoms with Gasteiger partial charge >= 0.3 is 6.09 Å². The largest absolute Gasteiger partial charge is 0.444 e. The number of nitrogens with one attached hydrogen (secondary N) is 3. The number of ether oxygens (including phenoxy) is 1. The standard InChI is InChI=1S/C29H38N4O4/c1-20(34)23-12-13-25-24(17-23)18-26(32-25)27(35)30-14-16-33(5)15-6-7-21-8-10-22(11-9-21)19-31-28(36)37-29(2,3)4/h8-13,17-18,32H,6-7,14-16,19H2,1-5H3,(H,30,35)(H,31,36). The fourth-order valence-electron chi connectivity index (χ4n) is 3.91. The minimum atomic E-state index is -0.507. The zero-order valence-electron chi connectivity index (χ0n) is 22.4. The molecule has 0 saturated carbocycles. The predicted molar refractivity (Wildman–Crippen MR) is 146 cm³/mol. The molecule has 0 aliphatic heterocycles. The number of hydrogen-bond donors (Lipinski definition) is 3. The van der Waals surface area contributed by atoms with Crippen molar-refractivity contribution in [1.29, 1.82) is 0 Å². The van der Waals surface area contributed by atoms with E-state index >= 15 is 0 Å². The number of Topliss-reactive ketones (excluding diaryl/α,β-unsaturated/α-hetero) is 1. The van der Waals surface area contributed by atoms with Crippen molar-refractivity contribution in [2.24, 2.45) is 0 Å². The van der Waals surface area contributed by atoms with Crippen molar-refractivity contribution >= 4 is 28.7 Å². The van der Waals surface area contributed by atoms with Crippen LogP contribution >= 0.6 is 0 Å². The van der Waals surface area contributed by atoms with E-state index in [0.29, 0.717) is 24.3 Å². The van der Waals surface area contributed by atoms with Crippen LogP contribution < -0.4 is 10.6 Å². The number of amides is 2. The zero-order chi connectivity index (χ0) is 27.0. The van der Waals surface area contributed by atoms with Crippen molar-refractivity contribution in [3.8, 4) is 0 Å². The maximum atomic E-state index is 12.5. The molecule has 3 rings (SSSR count). The molecular formula is C29H38N4O4. The fraction of sp³-hybridized carbons (Fsp3) is 0.414. The van der Waals surface area contributed by atoms with Crippen LogP contribution in [0.3, 0.4) is 0 Å². The Balaban J connectivity index is 1.34. The van der Waals surface area contributed by atoms with Gasteiger partial charge in [0, 0.05) is 36.1 Å². The van der Waals surface area contributed by atoms with Gasteiger partial charge in [-0.15, -0.1) is 0 Å². The summed E-state index contributed by atoms with van der Waals surface area (Å²) in [7, 11) is 2.05. The number of benzene rings is 2. The van der Waals surface area contributed by atoms with Gasteiger partial charge in [0.15, 0.2) is 5.78 Å². The first-order valence-corrected chi connectivity index (χ1v) is 12.7. The van der Waals surface area contributed by atoms with Crippen LogP contribution in [0.15, 0.2) is 48.5 Å². The summed E-state index contributed by atoms with van der Waals surface area (Å²) < 4.78 is 5.26. The Labute approximate surface area is 218 Å². The van der Waals surface area contributed by atoms with E-state index < -0.39 is 11.7 Å². The van der Waals surface area contributed by atoms with E-state index in [1.54, 1.807) is 18.2 Å². The molecular weight excluding hydrogens is 468 g/mol. The van der Waals surface area contributed by atoms with E-state index in [9.17, 15) is 14.4 Å². The van der Waals surface area contributed by atoms with Crippen molar-refractivity contribution in [3.63, 3.8) is 0 Å². The molecule has 0 aliphatic rings. The van der Waals surface area contributed by atoms with Crippen molar-refractivity contribution in [1.82, 2.24) is 20.5 Å². The summed E-state index contributed by atoms with van der Waals surface area (Å²) in [6.07, 6.45) is 1.54. The first-order valence-electron chi connectivity index (χ1n) is 12.7. The minimum Gasteiger partial charge on any atom is -0.444 e. The summed E-state index contributed by atoms with van der Waals surface area (Å²) in [4.78, 5) is 41.2. The molecule has 0 unspecified atom stereocenters. The summed E-state index contributed by atoms with van der Waals surface area (Å²) in [5, 5.41) is 6.58. The average molecular weight is 507 g/mol. The van der Waals surface area contributed by atoms with E-state index in [1.807, 2.05) is 46.0 Å². The number of likely N-dealkylation sites (N-methyl/N-ethyl adjacent to an activating group) is 1. The molecule has 1 heterocycles. The van der Waals surface area contributed by atoms with Gasteiger partial charge in [0.1, 0.15) is 11.3 Å². The Bertz CT molecular complexity index is 1220. The van der Waals surface area contributed by atoms with Gasteiger partial charge in [-0.25, -0.2) is 4.79 Å². The van der Waals surface area contributed by atoms with Crippen LogP contribution in [0.4, 0.5) is 4.79 Å². The van der Waals surface area contributed by atoms with E-state index in [4.69, 9.17) is 4.74 Å². The Hall–Kier alpha value is -3.65. The molecule has 0 aliphatic carbocycles. The van der Waals surface area contributed by atoms with Gasteiger partial charge in [-0.05, 0) is 89.5 Å². The molecule has 8 heteroatoms. The normalized spacial score (nSPS) is 11.5. The number of hydrogen-bond acceptors (Lipinski definition) is 5. The number of H-pyrrole nitrogens is 1. The highest BCUT2D eigenvalue weighted by Crippen LogP contribution is 2.18. The zero-order valence-corrected chi connectivity index (χ0v) is 22.4. The summed E-state index contributed by atoms with van der Waals surface area (Å²) in [6, 6.07) is 15.4. The number of ketones is 1. The van der Waals surface area contributed by atoms with Crippen molar-refractivity contribution < 1.29 is 19.1 Å². The second kappa shape index (κ2) is 12.5. The molecule has 0 radical (unpaired) electrons. The van der Waals surface area contributed by atoms with E-state index in [2.05, 4.69) is 32.7 Å². The summed E-state index contributed by atoms with van der Waals surface area (Å²) in [5.41, 5.74) is 3.71. The number of alkyl carbamates (subject to hydrolysis) is 1. The molecule has 3 aromatic rings. The van der Waals surface area contributed by atoms with E-state index in [0.717, 1.165) is 42.4 Å². The second-order valence-electron chi connectivity index (χ2n) is 10.4. The van der Waals surface area contributed by atoms with Gasteiger partial charge in [0.05, 0.1) is 0 Å². The van der Waals surface area contributed by atoms with Gasteiger partial charge in [-0.1, -0.05) is 24.3 Å². The lowest BCUT2D eigenvalue weighted by Gasteiger charge is -2.19. The summed E-state index contributed by atoms with van der Waals surface area (Å²) in [5.74, 6) is -0.156. The lowest BCUT2D eigenvalue weighted by Crippen LogP contribution is -2.33. The molecule has 1 aromatic heterocycles. The van der Waals surface area contributed by atoms with Crippen LogP contribution in [0.2, 0.25) is 0 Å². The highest BCUT2D eigenvalue weighted by molar-refractivity contribution is 6.01. The van der Waals surface area contributed by atoms with Gasteiger partial charge in [-0.3, -0.25) is 9.59 Å². The van der Waals surface area contributed by atoms with Gasteiger partial charge in [-0.2, -0.15) is 0 Å². The van der Waals surface area contributed by atoms with E-state index in [-0.39, 0.29) is 11.7 Å². The van der Waals surface area contributed by atoms with Crippen LogP contribution in [0, 0.1) is 0 Å². The SMILES string of the molecule is CC(=O)c1ccc2[nH]c(C(=O)NCCN(C)CCCc3ccc(CNC(=O)OC(C)(C)C)cc3)cc2c1. The minimum absolute atomic E-state index is 0.00162. The summed E-state index contributed by atoms with van der Waals surface area (Å²) in [6.45, 7) is 9.69. The molecule has 0 bridgehead atoms. The third kappa shape index (κ3) is 9.06. The van der Waals surface area contributed by atoms with E-state index in [1.165, 1.54) is 12.5 Å². The number of aromatic amines is 1. The fourth-order valence-corrected chi connectivity index (χ4v) is 3.91. The lowest BCUT2D eigenvalue weighted by atomic mass is 10.1. The molecule has 2 aromatic carbocycles. The molecule has 3 N–H and O–H groups in total. The van der Waals surface area contributed by atoms with Crippen LogP contribution in [0.25, 0.3) is 10.9 Å². The third-order valence-corrected chi connectivity index (χ3v) is 5.91. The molecule has 198 valence electrons. The Morgan fingerprint density at radius 1 is 0.946 bits per heavy atom. The molecule has 2 amide bonds. The van der Waals surface area contributed by atoms with Crippen LogP contribution in [-0.4, -0.2) is 60.0 Å². The smallest absolute Gasteiger partial charge is 0.407 e. The Morgan fingerprint density at radius 2 is 1.65 bits per heavy atom. The topological polar surface area (TPSA) is 104 Å². The number of aromatic nitrogens is 1. The van der Waals surface area contributed by atoms with Crippen LogP contribution in [0.1, 0.15) is 66.1 Å². The third-order valence-electron chi connectivity index (χ3n) is 5.91. The molecule has 0 fully saturated rings. The van der Waals surface area contributed by atoms with Gasteiger partial charge in [0.25, 0.3) is 5.91 Å². The maximum absolute atomic E-state index is 12.5. The van der Waals surface area contributed by atoms with Crippen molar-refractivity contribution in [3.05, 3.63) is 70.9 Å². The number of carbonyl (C=O) groups is 3. The molecule has 0 spiro atoms. The number of rotatable bonds is 11. The van der Waals surface area contributed by atoms with Crippen LogP contribution in [0.5, 0.6) is 0 Å².